The van der Waals surface area contributed by atoms with Crippen LogP contribution in [0.15, 0.2) is 60.7 Å². The predicted octanol–water partition coefficient (Wildman–Crippen LogP) is 6.56. The molecule has 0 saturated carbocycles. The van der Waals surface area contributed by atoms with Crippen LogP contribution in [0.5, 0.6) is 0 Å². The Morgan fingerprint density at radius 1 is 0.774 bits per heavy atom. The minimum atomic E-state index is -0.928. The molecular weight excluding hydrogens is 384 g/mol. The summed E-state index contributed by atoms with van der Waals surface area (Å²) in [5.74, 6) is -0.928. The second kappa shape index (κ2) is 7.65. The van der Waals surface area contributed by atoms with E-state index in [9.17, 15) is 9.90 Å². The molecule has 0 aliphatic heterocycles. The summed E-state index contributed by atoms with van der Waals surface area (Å²) in [6.07, 6.45) is 2.33. The zero-order chi connectivity index (χ0) is 22.4. The summed E-state index contributed by atoms with van der Waals surface area (Å²) in [6, 6.07) is 19.7. The average molecular weight is 415 g/mol. The van der Waals surface area contributed by atoms with Crippen LogP contribution in [-0.4, -0.2) is 16.2 Å². The first-order chi connectivity index (χ1) is 14.6. The highest BCUT2D eigenvalue weighted by Gasteiger charge is 2.37. The number of aliphatic hydroxyl groups is 1. The SMILES string of the molecule is CC1(C)CCC(C)(C)c2cc(-c3cc(-c4ccc(C(=O)O)cc4)ccc3CO)ccc21. The van der Waals surface area contributed by atoms with Crippen molar-refractivity contribution in [3.05, 3.63) is 82.9 Å². The van der Waals surface area contributed by atoms with Gasteiger partial charge in [0.1, 0.15) is 0 Å². The number of hydrogen-bond donors (Lipinski definition) is 2. The van der Waals surface area contributed by atoms with Crippen LogP contribution in [0.3, 0.4) is 0 Å². The predicted molar refractivity (Wildman–Crippen MR) is 125 cm³/mol. The molecule has 4 rings (SSSR count). The van der Waals surface area contributed by atoms with E-state index < -0.39 is 5.97 Å². The van der Waals surface area contributed by atoms with Gasteiger partial charge in [-0.25, -0.2) is 4.79 Å². The average Bonchev–Trinajstić information content (AvgIpc) is 2.76. The Hall–Kier alpha value is -2.91. The highest BCUT2D eigenvalue weighted by atomic mass is 16.4. The van der Waals surface area contributed by atoms with Gasteiger partial charge in [-0.15, -0.1) is 0 Å². The Kier molecular flexibility index (Phi) is 5.26. The maximum atomic E-state index is 11.2. The van der Waals surface area contributed by atoms with Gasteiger partial charge in [-0.2, -0.15) is 0 Å². The number of carboxylic acids is 1. The fourth-order valence-electron chi connectivity index (χ4n) is 4.72. The molecule has 2 N–H and O–H groups in total. The van der Waals surface area contributed by atoms with E-state index in [2.05, 4.69) is 52.0 Å². The summed E-state index contributed by atoms with van der Waals surface area (Å²) in [5, 5.41) is 19.2. The van der Waals surface area contributed by atoms with E-state index in [-0.39, 0.29) is 23.0 Å². The number of aliphatic hydroxyl groups excluding tert-OH is 1. The molecule has 0 aromatic heterocycles. The third kappa shape index (κ3) is 3.90. The largest absolute Gasteiger partial charge is 0.478 e. The summed E-state index contributed by atoms with van der Waals surface area (Å²) >= 11 is 0. The maximum absolute atomic E-state index is 11.2. The van der Waals surface area contributed by atoms with Gasteiger partial charge in [0.2, 0.25) is 0 Å². The van der Waals surface area contributed by atoms with Crippen LogP contribution in [0.25, 0.3) is 22.3 Å². The molecule has 3 heteroatoms. The van der Waals surface area contributed by atoms with Gasteiger partial charge in [0.15, 0.2) is 0 Å². The summed E-state index contributed by atoms with van der Waals surface area (Å²) in [4.78, 5) is 11.2. The quantitative estimate of drug-likeness (QED) is 0.508. The van der Waals surface area contributed by atoms with Crippen molar-refractivity contribution >= 4 is 5.97 Å². The summed E-state index contributed by atoms with van der Waals surface area (Å²) < 4.78 is 0. The number of rotatable bonds is 4. The van der Waals surface area contributed by atoms with E-state index in [1.807, 2.05) is 24.3 Å². The molecule has 1 aliphatic rings. The Balaban J connectivity index is 1.83. The lowest BCUT2D eigenvalue weighted by Gasteiger charge is -2.42. The molecule has 31 heavy (non-hydrogen) atoms. The van der Waals surface area contributed by atoms with Gasteiger partial charge < -0.3 is 10.2 Å². The van der Waals surface area contributed by atoms with Gasteiger partial charge in [0, 0.05) is 0 Å². The van der Waals surface area contributed by atoms with Gasteiger partial charge in [0.25, 0.3) is 0 Å². The summed E-state index contributed by atoms with van der Waals surface area (Å²) in [5.41, 5.74) is 8.33. The molecule has 3 aromatic rings. The van der Waals surface area contributed by atoms with Crippen molar-refractivity contribution in [1.29, 1.82) is 0 Å². The number of carbonyl (C=O) groups is 1. The monoisotopic (exact) mass is 414 g/mol. The standard InChI is InChI=1S/C28H30O3/c1-27(2)13-14-28(3,4)25-16-21(11-12-24(25)27)23-15-20(9-10-22(23)17-29)18-5-7-19(8-6-18)26(30)31/h5-12,15-16,29H,13-14,17H2,1-4H3,(H,30,31). The molecule has 3 aromatic carbocycles. The first-order valence-corrected chi connectivity index (χ1v) is 10.9. The molecule has 1 aliphatic carbocycles. The first kappa shape index (κ1) is 21.3. The van der Waals surface area contributed by atoms with Crippen molar-refractivity contribution in [3.8, 4) is 22.3 Å². The zero-order valence-electron chi connectivity index (χ0n) is 18.7. The second-order valence-electron chi connectivity index (χ2n) is 9.94. The van der Waals surface area contributed by atoms with Crippen molar-refractivity contribution in [2.24, 2.45) is 0 Å². The van der Waals surface area contributed by atoms with E-state index >= 15 is 0 Å². The highest BCUT2D eigenvalue weighted by molar-refractivity contribution is 5.88. The Labute approximate surface area is 184 Å². The van der Waals surface area contributed by atoms with Crippen LogP contribution in [0, 0.1) is 0 Å². The third-order valence-electron chi connectivity index (χ3n) is 6.91. The first-order valence-electron chi connectivity index (χ1n) is 10.9. The van der Waals surface area contributed by atoms with E-state index in [0.717, 1.165) is 34.2 Å². The lowest BCUT2D eigenvalue weighted by Crippen LogP contribution is -2.33. The van der Waals surface area contributed by atoms with Crippen LogP contribution in [0.4, 0.5) is 0 Å². The fourth-order valence-corrected chi connectivity index (χ4v) is 4.72. The number of benzene rings is 3. The van der Waals surface area contributed by atoms with Gasteiger partial charge in [-0.1, -0.05) is 70.2 Å². The smallest absolute Gasteiger partial charge is 0.335 e. The lowest BCUT2D eigenvalue weighted by atomic mass is 9.63. The van der Waals surface area contributed by atoms with Crippen LogP contribution in [-0.2, 0) is 17.4 Å². The molecule has 0 bridgehead atoms. The molecule has 0 fully saturated rings. The van der Waals surface area contributed by atoms with Crippen LogP contribution < -0.4 is 0 Å². The molecule has 0 saturated heterocycles. The molecule has 0 amide bonds. The van der Waals surface area contributed by atoms with Gasteiger partial charge in [-0.3, -0.25) is 0 Å². The Morgan fingerprint density at radius 2 is 1.35 bits per heavy atom. The van der Waals surface area contributed by atoms with Gasteiger partial charge in [0.05, 0.1) is 12.2 Å². The summed E-state index contributed by atoms with van der Waals surface area (Å²) in [6.45, 7) is 9.25. The van der Waals surface area contributed by atoms with Crippen LogP contribution in [0.1, 0.15) is 67.6 Å². The van der Waals surface area contributed by atoms with E-state index in [4.69, 9.17) is 5.11 Å². The number of fused-ring (bicyclic) bond motifs is 1. The molecule has 0 atom stereocenters. The van der Waals surface area contributed by atoms with E-state index in [1.165, 1.54) is 17.5 Å². The fraction of sp³-hybridized carbons (Fsp3) is 0.321. The zero-order valence-corrected chi connectivity index (χ0v) is 18.7. The molecule has 0 radical (unpaired) electrons. The molecule has 0 unspecified atom stereocenters. The van der Waals surface area contributed by atoms with Crippen LogP contribution >= 0.6 is 0 Å². The molecule has 3 nitrogen and oxygen atoms in total. The lowest BCUT2D eigenvalue weighted by molar-refractivity contribution is 0.0697. The van der Waals surface area contributed by atoms with Crippen LogP contribution in [0.2, 0.25) is 0 Å². The number of hydrogen-bond acceptors (Lipinski definition) is 2. The number of carboxylic acid groups (broad SMARTS) is 1. The van der Waals surface area contributed by atoms with Crippen molar-refractivity contribution in [2.75, 3.05) is 0 Å². The molecule has 160 valence electrons. The summed E-state index contributed by atoms with van der Waals surface area (Å²) in [7, 11) is 0. The van der Waals surface area contributed by atoms with Crippen molar-refractivity contribution in [3.63, 3.8) is 0 Å². The van der Waals surface area contributed by atoms with Gasteiger partial charge >= 0.3 is 5.97 Å². The topological polar surface area (TPSA) is 57.5 Å². The third-order valence-corrected chi connectivity index (χ3v) is 6.91. The highest BCUT2D eigenvalue weighted by Crippen LogP contribution is 2.47. The number of aromatic carboxylic acids is 1. The normalized spacial score (nSPS) is 16.5. The maximum Gasteiger partial charge on any atom is 0.335 e. The van der Waals surface area contributed by atoms with Crippen molar-refractivity contribution in [1.82, 2.24) is 0 Å². The minimum absolute atomic E-state index is 0.0282. The second-order valence-corrected chi connectivity index (χ2v) is 9.94. The van der Waals surface area contributed by atoms with Gasteiger partial charge in [-0.05, 0) is 80.8 Å². The van der Waals surface area contributed by atoms with Crippen molar-refractivity contribution in [2.45, 2.75) is 58.0 Å². The Morgan fingerprint density at radius 3 is 1.97 bits per heavy atom. The Bertz CT molecular complexity index is 1140. The van der Waals surface area contributed by atoms with E-state index in [0.29, 0.717) is 0 Å². The molecular formula is C28H30O3. The van der Waals surface area contributed by atoms with Crippen molar-refractivity contribution < 1.29 is 15.0 Å². The minimum Gasteiger partial charge on any atom is -0.478 e. The molecule has 0 heterocycles. The van der Waals surface area contributed by atoms with E-state index in [1.54, 1.807) is 12.1 Å². The molecule has 0 spiro atoms.